The Hall–Kier alpha value is -2.76. The van der Waals surface area contributed by atoms with E-state index in [0.29, 0.717) is 31.0 Å². The van der Waals surface area contributed by atoms with Gasteiger partial charge in [-0.15, -0.1) is 0 Å². The average Bonchev–Trinajstić information content (AvgIpc) is 2.65. The molecule has 2 N–H and O–H groups in total. The number of methoxy groups -OCH3 is 2. The van der Waals surface area contributed by atoms with Crippen LogP contribution < -0.4 is 20.1 Å². The number of carbonyl (C=O) groups excluding carboxylic acids is 1. The number of rotatable bonds is 9. The highest BCUT2D eigenvalue weighted by Gasteiger charge is 2.05. The van der Waals surface area contributed by atoms with E-state index in [1.807, 2.05) is 24.3 Å². The lowest BCUT2D eigenvalue weighted by Crippen LogP contribution is -2.37. The third kappa shape index (κ3) is 6.27. The van der Waals surface area contributed by atoms with E-state index >= 15 is 0 Å². The molecule has 0 spiro atoms. The van der Waals surface area contributed by atoms with Gasteiger partial charge in [0.15, 0.2) is 11.5 Å². The topological polar surface area (TPSA) is 59.6 Å². The molecule has 0 saturated carbocycles. The lowest BCUT2D eigenvalue weighted by atomic mass is 10.1. The standard InChI is InChI=1S/C20H25FN2O3/c1-25-18-9-8-16(14-19(18)26-2)10-12-23-20(24)22-11-4-6-15-5-3-7-17(21)13-15/h3,5,7-9,13-14H,4,6,10-12H2,1-2H3,(H2,22,23,24). The van der Waals surface area contributed by atoms with E-state index in [2.05, 4.69) is 10.6 Å². The molecular formula is C20H25FN2O3. The molecule has 26 heavy (non-hydrogen) atoms. The molecular weight excluding hydrogens is 335 g/mol. The van der Waals surface area contributed by atoms with Gasteiger partial charge in [-0.2, -0.15) is 0 Å². The molecule has 6 heteroatoms. The molecule has 0 fully saturated rings. The van der Waals surface area contributed by atoms with E-state index in [4.69, 9.17) is 9.47 Å². The molecule has 2 aromatic carbocycles. The van der Waals surface area contributed by atoms with E-state index in [1.54, 1.807) is 20.3 Å². The number of carbonyl (C=O) groups is 1. The summed E-state index contributed by atoms with van der Waals surface area (Å²) in [6, 6.07) is 12.0. The first-order valence-electron chi connectivity index (χ1n) is 8.59. The molecule has 0 unspecified atom stereocenters. The minimum Gasteiger partial charge on any atom is -0.493 e. The second-order valence-corrected chi connectivity index (χ2v) is 5.86. The Morgan fingerprint density at radius 2 is 1.65 bits per heavy atom. The minimum absolute atomic E-state index is 0.204. The summed E-state index contributed by atoms with van der Waals surface area (Å²) < 4.78 is 23.5. The number of nitrogens with one attached hydrogen (secondary N) is 2. The lowest BCUT2D eigenvalue weighted by Gasteiger charge is -2.10. The highest BCUT2D eigenvalue weighted by Crippen LogP contribution is 2.27. The van der Waals surface area contributed by atoms with E-state index in [1.165, 1.54) is 12.1 Å². The van der Waals surface area contributed by atoms with Crippen LogP contribution in [0.2, 0.25) is 0 Å². The highest BCUT2D eigenvalue weighted by atomic mass is 19.1. The fraction of sp³-hybridized carbons (Fsp3) is 0.350. The number of halogens is 1. The Morgan fingerprint density at radius 1 is 0.923 bits per heavy atom. The van der Waals surface area contributed by atoms with Gasteiger partial charge < -0.3 is 20.1 Å². The lowest BCUT2D eigenvalue weighted by molar-refractivity contribution is 0.241. The van der Waals surface area contributed by atoms with Crippen molar-refractivity contribution in [3.63, 3.8) is 0 Å². The molecule has 2 rings (SSSR count). The molecule has 140 valence electrons. The zero-order valence-electron chi connectivity index (χ0n) is 15.2. The monoisotopic (exact) mass is 360 g/mol. The molecule has 2 aromatic rings. The zero-order valence-corrected chi connectivity index (χ0v) is 15.2. The van der Waals surface area contributed by atoms with Crippen LogP contribution in [0.1, 0.15) is 17.5 Å². The third-order valence-electron chi connectivity index (χ3n) is 3.96. The van der Waals surface area contributed by atoms with E-state index in [0.717, 1.165) is 24.0 Å². The number of aryl methyl sites for hydroxylation is 1. The molecule has 0 atom stereocenters. The molecule has 5 nitrogen and oxygen atoms in total. The number of ether oxygens (including phenoxy) is 2. The molecule has 2 amide bonds. The van der Waals surface area contributed by atoms with Crippen molar-refractivity contribution in [1.29, 1.82) is 0 Å². The van der Waals surface area contributed by atoms with Crippen molar-refractivity contribution in [3.05, 3.63) is 59.4 Å². The smallest absolute Gasteiger partial charge is 0.314 e. The van der Waals surface area contributed by atoms with Gasteiger partial charge in [0.1, 0.15) is 5.82 Å². The Balaban J connectivity index is 1.64. The van der Waals surface area contributed by atoms with Crippen molar-refractivity contribution in [1.82, 2.24) is 10.6 Å². The number of hydrogen-bond donors (Lipinski definition) is 2. The van der Waals surface area contributed by atoms with Gasteiger partial charge in [-0.05, 0) is 54.7 Å². The van der Waals surface area contributed by atoms with E-state index in [9.17, 15) is 9.18 Å². The first kappa shape index (κ1) is 19.6. The molecule has 0 bridgehead atoms. The van der Waals surface area contributed by atoms with Gasteiger partial charge in [0.2, 0.25) is 0 Å². The maximum atomic E-state index is 13.1. The first-order chi connectivity index (χ1) is 12.6. The van der Waals surface area contributed by atoms with Gasteiger partial charge in [-0.25, -0.2) is 9.18 Å². The zero-order chi connectivity index (χ0) is 18.8. The van der Waals surface area contributed by atoms with Crippen LogP contribution >= 0.6 is 0 Å². The fourth-order valence-electron chi connectivity index (χ4n) is 2.61. The van der Waals surface area contributed by atoms with E-state index in [-0.39, 0.29) is 11.8 Å². The third-order valence-corrected chi connectivity index (χ3v) is 3.96. The quantitative estimate of drug-likeness (QED) is 0.675. The van der Waals surface area contributed by atoms with Gasteiger partial charge in [-0.1, -0.05) is 18.2 Å². The van der Waals surface area contributed by atoms with Crippen LogP contribution in [0, 0.1) is 5.82 Å². The summed E-state index contributed by atoms with van der Waals surface area (Å²) in [5.74, 6) is 1.12. The van der Waals surface area contributed by atoms with Crippen molar-refractivity contribution in [2.24, 2.45) is 0 Å². The Morgan fingerprint density at radius 3 is 2.38 bits per heavy atom. The van der Waals surface area contributed by atoms with Gasteiger partial charge >= 0.3 is 6.03 Å². The van der Waals surface area contributed by atoms with Crippen molar-refractivity contribution in [3.8, 4) is 11.5 Å². The SMILES string of the molecule is COc1ccc(CCNC(=O)NCCCc2cccc(F)c2)cc1OC. The van der Waals surface area contributed by atoms with Crippen molar-refractivity contribution < 1.29 is 18.7 Å². The van der Waals surface area contributed by atoms with Crippen molar-refractivity contribution in [2.45, 2.75) is 19.3 Å². The Labute approximate surface area is 153 Å². The van der Waals surface area contributed by atoms with Gasteiger partial charge in [0, 0.05) is 13.1 Å². The molecule has 0 aliphatic rings. The normalized spacial score (nSPS) is 10.3. The summed E-state index contributed by atoms with van der Waals surface area (Å²) >= 11 is 0. The second-order valence-electron chi connectivity index (χ2n) is 5.86. The molecule has 0 radical (unpaired) electrons. The molecule has 0 heterocycles. The molecule has 0 aliphatic carbocycles. The average molecular weight is 360 g/mol. The van der Waals surface area contributed by atoms with Crippen LogP contribution in [0.3, 0.4) is 0 Å². The van der Waals surface area contributed by atoms with Gasteiger partial charge in [-0.3, -0.25) is 0 Å². The second kappa shape index (κ2) is 10.3. The maximum absolute atomic E-state index is 13.1. The van der Waals surface area contributed by atoms with Gasteiger partial charge in [0.05, 0.1) is 14.2 Å². The van der Waals surface area contributed by atoms with Crippen LogP contribution in [0.15, 0.2) is 42.5 Å². The summed E-state index contributed by atoms with van der Waals surface area (Å²) in [5.41, 5.74) is 1.98. The number of hydrogen-bond acceptors (Lipinski definition) is 3. The summed E-state index contributed by atoms with van der Waals surface area (Å²) in [6.45, 7) is 1.06. The predicted molar refractivity (Wildman–Crippen MR) is 99.4 cm³/mol. The van der Waals surface area contributed by atoms with Gasteiger partial charge in [0.25, 0.3) is 0 Å². The van der Waals surface area contributed by atoms with Crippen molar-refractivity contribution >= 4 is 6.03 Å². The van der Waals surface area contributed by atoms with Crippen LogP contribution in [0.4, 0.5) is 9.18 Å². The molecule has 0 saturated heterocycles. The summed E-state index contributed by atoms with van der Waals surface area (Å²) in [4.78, 5) is 11.8. The summed E-state index contributed by atoms with van der Waals surface area (Å²) in [7, 11) is 3.19. The van der Waals surface area contributed by atoms with E-state index < -0.39 is 0 Å². The molecule has 0 aromatic heterocycles. The summed E-state index contributed by atoms with van der Waals surface area (Å²) in [5, 5.41) is 5.63. The number of benzene rings is 2. The first-order valence-corrected chi connectivity index (χ1v) is 8.59. The van der Waals surface area contributed by atoms with Crippen LogP contribution in [0.25, 0.3) is 0 Å². The largest absolute Gasteiger partial charge is 0.493 e. The molecule has 0 aliphatic heterocycles. The van der Waals surface area contributed by atoms with Crippen LogP contribution in [-0.4, -0.2) is 33.3 Å². The maximum Gasteiger partial charge on any atom is 0.314 e. The summed E-state index contributed by atoms with van der Waals surface area (Å²) in [6.07, 6.45) is 2.17. The Bertz CT molecular complexity index is 722. The number of amides is 2. The fourth-order valence-corrected chi connectivity index (χ4v) is 2.61. The highest BCUT2D eigenvalue weighted by molar-refractivity contribution is 5.73. The number of urea groups is 1. The minimum atomic E-state index is -0.233. The predicted octanol–water partition coefficient (Wildman–Crippen LogP) is 3.32. The van der Waals surface area contributed by atoms with Crippen molar-refractivity contribution in [2.75, 3.05) is 27.3 Å². The van der Waals surface area contributed by atoms with Crippen LogP contribution in [-0.2, 0) is 12.8 Å². The van der Waals surface area contributed by atoms with Crippen LogP contribution in [0.5, 0.6) is 11.5 Å². The Kier molecular flexibility index (Phi) is 7.74.